The Morgan fingerprint density at radius 3 is 2.63 bits per heavy atom. The Kier molecular flexibility index (Phi) is 5.01. The first kappa shape index (κ1) is 17.1. The zero-order chi connectivity index (χ0) is 18.5. The summed E-state index contributed by atoms with van der Waals surface area (Å²) in [4.78, 5) is 19.0. The molecule has 1 aromatic heterocycles. The molecule has 1 aliphatic heterocycles. The van der Waals surface area contributed by atoms with Crippen LogP contribution >= 0.6 is 0 Å². The number of fused-ring (bicyclic) bond motifs is 1. The molecule has 2 heterocycles. The van der Waals surface area contributed by atoms with Crippen molar-refractivity contribution in [1.82, 2.24) is 4.98 Å². The average molecular weight is 360 g/mol. The summed E-state index contributed by atoms with van der Waals surface area (Å²) < 4.78 is 10.8. The van der Waals surface area contributed by atoms with Gasteiger partial charge >= 0.3 is 0 Å². The minimum absolute atomic E-state index is 0.0720. The maximum atomic E-state index is 13.0. The summed E-state index contributed by atoms with van der Waals surface area (Å²) in [6, 6.07) is 19.4. The van der Waals surface area contributed by atoms with E-state index >= 15 is 0 Å². The topological polar surface area (TPSA) is 51.7 Å². The molecule has 4 rings (SSSR count). The number of aryl methyl sites for hydroxylation is 1. The van der Waals surface area contributed by atoms with Crippen molar-refractivity contribution < 1.29 is 14.3 Å². The lowest BCUT2D eigenvalue weighted by Gasteiger charge is -2.23. The van der Waals surface area contributed by atoms with Gasteiger partial charge in [0.25, 0.3) is 0 Å². The third kappa shape index (κ3) is 4.08. The number of pyridine rings is 1. The van der Waals surface area contributed by atoms with Gasteiger partial charge in [0.15, 0.2) is 11.5 Å². The van der Waals surface area contributed by atoms with Crippen molar-refractivity contribution in [2.24, 2.45) is 0 Å². The van der Waals surface area contributed by atoms with Crippen LogP contribution in [0.3, 0.4) is 0 Å². The minimum atomic E-state index is 0.0720. The van der Waals surface area contributed by atoms with Gasteiger partial charge < -0.3 is 14.4 Å². The second-order valence-electron chi connectivity index (χ2n) is 6.36. The molecule has 0 unspecified atom stereocenters. The Balaban J connectivity index is 1.48. The lowest BCUT2D eigenvalue weighted by atomic mass is 10.1. The number of para-hydroxylation sites is 1. The third-order valence-corrected chi connectivity index (χ3v) is 4.50. The van der Waals surface area contributed by atoms with E-state index in [1.54, 1.807) is 12.4 Å². The molecule has 0 atom stereocenters. The van der Waals surface area contributed by atoms with Gasteiger partial charge in [0.05, 0.1) is 6.54 Å². The molecule has 0 aliphatic carbocycles. The Bertz CT molecular complexity index is 913. The van der Waals surface area contributed by atoms with Crippen LogP contribution in [-0.2, 0) is 17.8 Å². The number of carbonyl (C=O) groups is 1. The number of anilines is 1. The van der Waals surface area contributed by atoms with Gasteiger partial charge in [0, 0.05) is 24.5 Å². The Labute approximate surface area is 158 Å². The second kappa shape index (κ2) is 7.91. The molecule has 5 heteroatoms. The van der Waals surface area contributed by atoms with Crippen molar-refractivity contribution in [2.75, 3.05) is 11.7 Å². The molecule has 0 saturated carbocycles. The van der Waals surface area contributed by atoms with Crippen molar-refractivity contribution >= 4 is 11.6 Å². The smallest absolute Gasteiger partial charge is 0.231 e. The predicted octanol–water partition coefficient (Wildman–Crippen LogP) is 3.98. The number of amides is 1. The first-order valence-corrected chi connectivity index (χ1v) is 8.92. The van der Waals surface area contributed by atoms with Gasteiger partial charge in [-0.2, -0.15) is 0 Å². The van der Waals surface area contributed by atoms with Crippen molar-refractivity contribution in [1.29, 1.82) is 0 Å². The monoisotopic (exact) mass is 360 g/mol. The van der Waals surface area contributed by atoms with Crippen LogP contribution in [0.15, 0.2) is 73.1 Å². The number of hydrogen-bond donors (Lipinski definition) is 0. The summed E-state index contributed by atoms with van der Waals surface area (Å²) in [5.74, 6) is 1.57. The molecule has 2 aromatic carbocycles. The first-order chi connectivity index (χ1) is 13.3. The highest BCUT2D eigenvalue weighted by molar-refractivity contribution is 5.93. The number of benzene rings is 2. The molecule has 1 amide bonds. The van der Waals surface area contributed by atoms with Crippen LogP contribution in [0.25, 0.3) is 0 Å². The van der Waals surface area contributed by atoms with E-state index in [1.807, 2.05) is 65.6 Å². The normalized spacial score (nSPS) is 12.0. The van der Waals surface area contributed by atoms with Gasteiger partial charge in [-0.15, -0.1) is 0 Å². The highest BCUT2D eigenvalue weighted by Crippen LogP contribution is 2.32. The van der Waals surface area contributed by atoms with E-state index in [-0.39, 0.29) is 12.7 Å². The van der Waals surface area contributed by atoms with E-state index in [0.29, 0.717) is 19.4 Å². The molecule has 0 saturated heterocycles. The molecular formula is C22H20N2O3. The number of ether oxygens (including phenoxy) is 2. The summed E-state index contributed by atoms with van der Waals surface area (Å²) in [7, 11) is 0. The van der Waals surface area contributed by atoms with Crippen LogP contribution in [0.4, 0.5) is 5.69 Å². The molecule has 136 valence electrons. The second-order valence-corrected chi connectivity index (χ2v) is 6.36. The zero-order valence-electron chi connectivity index (χ0n) is 14.9. The van der Waals surface area contributed by atoms with Gasteiger partial charge in [-0.3, -0.25) is 9.78 Å². The van der Waals surface area contributed by atoms with Crippen LogP contribution < -0.4 is 14.4 Å². The largest absolute Gasteiger partial charge is 0.454 e. The van der Waals surface area contributed by atoms with Gasteiger partial charge in [-0.05, 0) is 47.9 Å². The fourth-order valence-electron chi connectivity index (χ4n) is 3.09. The number of nitrogens with zero attached hydrogens (tertiary/aromatic N) is 2. The van der Waals surface area contributed by atoms with Gasteiger partial charge in [-0.1, -0.05) is 30.3 Å². The summed E-state index contributed by atoms with van der Waals surface area (Å²) in [6.07, 6.45) is 4.58. The van der Waals surface area contributed by atoms with Crippen molar-refractivity contribution in [3.63, 3.8) is 0 Å². The summed E-state index contributed by atoms with van der Waals surface area (Å²) in [5, 5.41) is 0. The standard InChI is InChI=1S/C22H20N2O3/c25-22(11-9-17-8-10-20-21(13-17)27-16-26-20)24(19-6-2-1-3-7-19)15-18-5-4-12-23-14-18/h1-8,10,12-14H,9,11,15-16H2. The number of rotatable bonds is 6. The van der Waals surface area contributed by atoms with E-state index in [9.17, 15) is 4.79 Å². The Hall–Kier alpha value is -3.34. The molecule has 0 fully saturated rings. The summed E-state index contributed by atoms with van der Waals surface area (Å²) in [5.41, 5.74) is 2.94. The molecule has 3 aromatic rings. The Morgan fingerprint density at radius 1 is 0.963 bits per heavy atom. The molecule has 27 heavy (non-hydrogen) atoms. The van der Waals surface area contributed by atoms with E-state index < -0.39 is 0 Å². The summed E-state index contributed by atoms with van der Waals surface area (Å²) in [6.45, 7) is 0.752. The van der Waals surface area contributed by atoms with E-state index in [1.165, 1.54) is 0 Å². The average Bonchev–Trinajstić information content (AvgIpc) is 3.19. The van der Waals surface area contributed by atoms with E-state index in [4.69, 9.17) is 9.47 Å². The van der Waals surface area contributed by atoms with Crippen LogP contribution in [0.2, 0.25) is 0 Å². The SMILES string of the molecule is O=C(CCc1ccc2c(c1)OCO2)N(Cc1cccnc1)c1ccccc1. The fourth-order valence-corrected chi connectivity index (χ4v) is 3.09. The van der Waals surface area contributed by atoms with Crippen molar-refractivity contribution in [3.05, 3.63) is 84.2 Å². The molecule has 0 spiro atoms. The van der Waals surface area contributed by atoms with Gasteiger partial charge in [-0.25, -0.2) is 0 Å². The lowest BCUT2D eigenvalue weighted by Crippen LogP contribution is -2.30. The fraction of sp³-hybridized carbons (Fsp3) is 0.182. The van der Waals surface area contributed by atoms with Gasteiger partial charge in [0.2, 0.25) is 12.7 Å². The van der Waals surface area contributed by atoms with Gasteiger partial charge in [0.1, 0.15) is 0 Å². The quantitative estimate of drug-likeness (QED) is 0.667. The lowest BCUT2D eigenvalue weighted by molar-refractivity contribution is -0.118. The zero-order valence-corrected chi connectivity index (χ0v) is 14.9. The third-order valence-electron chi connectivity index (χ3n) is 4.50. The van der Waals surface area contributed by atoms with E-state index in [2.05, 4.69) is 4.98 Å². The predicted molar refractivity (Wildman–Crippen MR) is 103 cm³/mol. The molecule has 5 nitrogen and oxygen atoms in total. The maximum absolute atomic E-state index is 13.0. The van der Waals surface area contributed by atoms with Crippen molar-refractivity contribution in [3.8, 4) is 11.5 Å². The molecule has 1 aliphatic rings. The van der Waals surface area contributed by atoms with Crippen LogP contribution in [0, 0.1) is 0 Å². The molecule has 0 radical (unpaired) electrons. The number of carbonyl (C=O) groups excluding carboxylic acids is 1. The molecule has 0 N–H and O–H groups in total. The number of aromatic nitrogens is 1. The highest BCUT2D eigenvalue weighted by atomic mass is 16.7. The Morgan fingerprint density at radius 2 is 1.81 bits per heavy atom. The maximum Gasteiger partial charge on any atom is 0.231 e. The van der Waals surface area contributed by atoms with E-state index in [0.717, 1.165) is 28.3 Å². The number of hydrogen-bond acceptors (Lipinski definition) is 4. The molecule has 0 bridgehead atoms. The molecular weight excluding hydrogens is 340 g/mol. The van der Waals surface area contributed by atoms with Crippen molar-refractivity contribution in [2.45, 2.75) is 19.4 Å². The highest BCUT2D eigenvalue weighted by Gasteiger charge is 2.18. The van der Waals surface area contributed by atoms with Crippen LogP contribution in [-0.4, -0.2) is 17.7 Å². The van der Waals surface area contributed by atoms with Crippen LogP contribution in [0.5, 0.6) is 11.5 Å². The first-order valence-electron chi connectivity index (χ1n) is 8.92. The summed E-state index contributed by atoms with van der Waals surface area (Å²) >= 11 is 0. The minimum Gasteiger partial charge on any atom is -0.454 e. The van der Waals surface area contributed by atoms with Crippen LogP contribution in [0.1, 0.15) is 17.5 Å².